The lowest BCUT2D eigenvalue weighted by molar-refractivity contribution is 0.0786. The Labute approximate surface area is 192 Å². The van der Waals surface area contributed by atoms with Gasteiger partial charge in [-0.1, -0.05) is 24.3 Å². The molecule has 0 amide bonds. The van der Waals surface area contributed by atoms with Crippen molar-refractivity contribution in [2.75, 3.05) is 0 Å². The molecule has 4 heteroatoms. The fraction of sp³-hybridized carbons (Fsp3) is 0.296. The molecule has 2 heterocycles. The first-order valence-electron chi connectivity index (χ1n) is 13.1. The summed E-state index contributed by atoms with van der Waals surface area (Å²) in [5.41, 5.74) is 2.35. The molecule has 4 rings (SSSR count). The molecule has 0 fully saturated rings. The number of fused-ring (bicyclic) bond motifs is 1. The highest BCUT2D eigenvalue weighted by Gasteiger charge is 2.16. The van der Waals surface area contributed by atoms with Gasteiger partial charge < -0.3 is 9.84 Å². The van der Waals surface area contributed by atoms with Crippen molar-refractivity contribution >= 4 is 5.65 Å². The molecule has 0 aliphatic rings. The average molecular weight is 421 g/mol. The second-order valence-corrected chi connectivity index (χ2v) is 8.53. The van der Waals surface area contributed by atoms with Gasteiger partial charge in [0.25, 0.3) is 0 Å². The first-order valence-corrected chi connectivity index (χ1v) is 10.1. The highest BCUT2D eigenvalue weighted by molar-refractivity contribution is 5.72. The minimum atomic E-state index is -2.54. The molecule has 0 saturated heterocycles. The van der Waals surface area contributed by atoms with Crippen LogP contribution in [-0.2, 0) is 5.60 Å². The van der Waals surface area contributed by atoms with E-state index in [-0.39, 0.29) is 0 Å². The molecule has 0 bridgehead atoms. The van der Waals surface area contributed by atoms with E-state index in [9.17, 15) is 5.11 Å². The highest BCUT2D eigenvalue weighted by Crippen LogP contribution is 2.31. The molecule has 31 heavy (non-hydrogen) atoms. The summed E-state index contributed by atoms with van der Waals surface area (Å²) in [4.78, 5) is 4.54. The zero-order valence-electron chi connectivity index (χ0n) is 24.1. The number of benzene rings is 2. The Morgan fingerprint density at radius 1 is 0.968 bits per heavy atom. The molecule has 0 radical (unpaired) electrons. The maximum atomic E-state index is 10.5. The van der Waals surface area contributed by atoms with E-state index >= 15 is 0 Å². The third kappa shape index (κ3) is 4.49. The Kier molecular flexibility index (Phi) is 3.60. The summed E-state index contributed by atoms with van der Waals surface area (Å²) < 4.78 is 53.6. The molecule has 1 unspecified atom stereocenters. The average Bonchev–Trinajstić information content (AvgIpc) is 3.20. The molecule has 160 valence electrons. The van der Waals surface area contributed by atoms with Crippen LogP contribution in [0.5, 0.6) is 5.75 Å². The number of aryl methyl sites for hydroxylation is 1. The fourth-order valence-corrected chi connectivity index (χ4v) is 3.60. The van der Waals surface area contributed by atoms with Crippen molar-refractivity contribution < 1.29 is 18.1 Å². The third-order valence-corrected chi connectivity index (χ3v) is 5.14. The number of aliphatic hydroxyl groups is 1. The lowest BCUT2D eigenvalue weighted by Crippen LogP contribution is -2.22. The quantitative estimate of drug-likeness (QED) is 0.416. The van der Waals surface area contributed by atoms with E-state index in [1.54, 1.807) is 56.4 Å². The van der Waals surface area contributed by atoms with Gasteiger partial charge in [0.05, 0.1) is 17.5 Å². The standard InChI is InChI=1S/C27H30N2O2/c1-18-15-25-28-16-24(20-9-13-22(14-10-20)31-26(2,3)4)29(25)17-23(18)19-7-11-21(12-8-19)27(5,6)30/h7-17,30H,1-6H3/i2D3,5D3. The zero-order chi connectivity index (χ0) is 27.4. The lowest BCUT2D eigenvalue weighted by Gasteiger charge is -2.21. The predicted molar refractivity (Wildman–Crippen MR) is 126 cm³/mol. The third-order valence-electron chi connectivity index (χ3n) is 5.14. The van der Waals surface area contributed by atoms with Crippen LogP contribution in [0.15, 0.2) is 67.0 Å². The normalized spacial score (nSPS) is 17.6. The Balaban J connectivity index is 1.68. The summed E-state index contributed by atoms with van der Waals surface area (Å²) >= 11 is 0. The smallest absolute Gasteiger partial charge is 0.137 e. The molecule has 0 saturated carbocycles. The first-order chi connectivity index (χ1) is 17.0. The molecule has 1 atom stereocenters. The van der Waals surface area contributed by atoms with Gasteiger partial charge in [0.15, 0.2) is 0 Å². The minimum absolute atomic E-state index is 0.322. The molecule has 2 aromatic heterocycles. The molecule has 4 aromatic rings. The molecule has 2 aromatic carbocycles. The number of ether oxygens (including phenoxy) is 1. The van der Waals surface area contributed by atoms with E-state index in [0.29, 0.717) is 11.3 Å². The van der Waals surface area contributed by atoms with E-state index in [2.05, 4.69) is 4.98 Å². The summed E-state index contributed by atoms with van der Waals surface area (Å²) in [6.07, 6.45) is 3.75. The Bertz CT molecular complexity index is 1420. The van der Waals surface area contributed by atoms with Gasteiger partial charge in [-0.05, 0) is 88.4 Å². The predicted octanol–water partition coefficient (Wildman–Crippen LogP) is 6.38. The summed E-state index contributed by atoms with van der Waals surface area (Å²) in [6.45, 7) is 1.55. The van der Waals surface area contributed by atoms with Crippen LogP contribution in [-0.4, -0.2) is 20.1 Å². The number of nitrogens with zero attached hydrogens (tertiary/aromatic N) is 2. The van der Waals surface area contributed by atoms with E-state index in [0.717, 1.165) is 33.6 Å². The monoisotopic (exact) mass is 420 g/mol. The molecule has 0 spiro atoms. The summed E-state index contributed by atoms with van der Waals surface area (Å²) in [6, 6.07) is 16.1. The summed E-state index contributed by atoms with van der Waals surface area (Å²) in [7, 11) is 0. The number of aromatic nitrogens is 2. The van der Waals surface area contributed by atoms with Gasteiger partial charge in [0.1, 0.15) is 17.0 Å². The van der Waals surface area contributed by atoms with Crippen molar-refractivity contribution in [3.8, 4) is 28.1 Å². The number of hydrogen-bond donors (Lipinski definition) is 1. The van der Waals surface area contributed by atoms with Crippen LogP contribution in [0.3, 0.4) is 0 Å². The topological polar surface area (TPSA) is 46.8 Å². The second kappa shape index (κ2) is 7.54. The molecule has 1 N–H and O–H groups in total. The van der Waals surface area contributed by atoms with Crippen LogP contribution >= 0.6 is 0 Å². The van der Waals surface area contributed by atoms with Crippen molar-refractivity contribution in [1.29, 1.82) is 0 Å². The van der Waals surface area contributed by atoms with Crippen molar-refractivity contribution in [2.45, 2.75) is 52.6 Å². The Morgan fingerprint density at radius 3 is 2.29 bits per heavy atom. The van der Waals surface area contributed by atoms with E-state index in [1.807, 2.05) is 35.7 Å². The van der Waals surface area contributed by atoms with Crippen molar-refractivity contribution in [3.05, 3.63) is 78.1 Å². The van der Waals surface area contributed by atoms with E-state index < -0.39 is 24.9 Å². The molecule has 0 aliphatic heterocycles. The van der Waals surface area contributed by atoms with Crippen molar-refractivity contribution in [3.63, 3.8) is 0 Å². The summed E-state index contributed by atoms with van der Waals surface area (Å²) in [5.74, 6) is 0.461. The summed E-state index contributed by atoms with van der Waals surface area (Å²) in [5, 5.41) is 10.5. The fourth-order valence-electron chi connectivity index (χ4n) is 3.60. The lowest BCUT2D eigenvalue weighted by atomic mass is 9.95. The number of rotatable bonds is 4. The van der Waals surface area contributed by atoms with Gasteiger partial charge in [-0.15, -0.1) is 0 Å². The minimum Gasteiger partial charge on any atom is -0.488 e. The maximum Gasteiger partial charge on any atom is 0.137 e. The SMILES string of the molecule is [2H]C([2H])([2H])C(C)(C)Oc1ccc(-c2cnc3cc(C)c(-c4ccc(C(C)(O)C([2H])([2H])[2H])cc4)cn23)cc1. The maximum absolute atomic E-state index is 10.5. The molecule has 4 nitrogen and oxygen atoms in total. The van der Waals surface area contributed by atoms with Gasteiger partial charge in [-0.25, -0.2) is 4.98 Å². The van der Waals surface area contributed by atoms with Gasteiger partial charge >= 0.3 is 0 Å². The van der Waals surface area contributed by atoms with Crippen molar-refractivity contribution in [2.24, 2.45) is 0 Å². The first kappa shape index (κ1) is 14.8. The van der Waals surface area contributed by atoms with Crippen LogP contribution < -0.4 is 4.74 Å². The van der Waals surface area contributed by atoms with Crippen LogP contribution in [0.1, 0.15) is 53.8 Å². The molecular weight excluding hydrogens is 384 g/mol. The Morgan fingerprint density at radius 2 is 1.65 bits per heavy atom. The molecular formula is C27H30N2O2. The number of hydrogen-bond acceptors (Lipinski definition) is 3. The number of pyridine rings is 1. The van der Waals surface area contributed by atoms with Crippen LogP contribution in [0.2, 0.25) is 0 Å². The largest absolute Gasteiger partial charge is 0.488 e. The highest BCUT2D eigenvalue weighted by atomic mass is 16.5. The Hall–Kier alpha value is -3.11. The molecule has 0 aliphatic carbocycles. The van der Waals surface area contributed by atoms with E-state index in [1.165, 1.54) is 6.92 Å². The van der Waals surface area contributed by atoms with Crippen LogP contribution in [0.4, 0.5) is 0 Å². The van der Waals surface area contributed by atoms with Gasteiger partial charge in [-0.2, -0.15) is 0 Å². The van der Waals surface area contributed by atoms with Crippen LogP contribution in [0.25, 0.3) is 28.0 Å². The van der Waals surface area contributed by atoms with Gasteiger partial charge in [0.2, 0.25) is 0 Å². The van der Waals surface area contributed by atoms with Crippen molar-refractivity contribution in [1.82, 2.24) is 9.38 Å². The van der Waals surface area contributed by atoms with E-state index in [4.69, 9.17) is 13.0 Å². The zero-order valence-corrected chi connectivity index (χ0v) is 18.1. The second-order valence-electron chi connectivity index (χ2n) is 8.53. The van der Waals surface area contributed by atoms with Gasteiger partial charge in [0, 0.05) is 25.5 Å². The van der Waals surface area contributed by atoms with Crippen LogP contribution in [0, 0.1) is 6.92 Å². The van der Waals surface area contributed by atoms with Gasteiger partial charge in [-0.3, -0.25) is 4.40 Å². The number of imidazole rings is 1.